The second-order valence-corrected chi connectivity index (χ2v) is 10.1. The molecule has 0 saturated carbocycles. The Kier molecular flexibility index (Phi) is 4.74. The van der Waals surface area contributed by atoms with Crippen LogP contribution in [-0.4, -0.2) is 54.0 Å². The Morgan fingerprint density at radius 2 is 1.67 bits per heavy atom. The number of fused-ring (bicyclic) bond motifs is 1. The van der Waals surface area contributed by atoms with Crippen molar-refractivity contribution in [3.63, 3.8) is 0 Å². The molecule has 0 spiro atoms. The summed E-state index contributed by atoms with van der Waals surface area (Å²) in [5.41, 5.74) is 1.71. The zero-order chi connectivity index (χ0) is 19.1. The molecule has 1 unspecified atom stereocenters. The molecule has 2 aromatic rings. The molecule has 4 rings (SSSR count). The molecular weight excluding hydrogens is 362 g/mol. The highest BCUT2D eigenvalue weighted by molar-refractivity contribution is 7.92. The number of phenols is 1. The van der Waals surface area contributed by atoms with E-state index < -0.39 is 20.7 Å². The van der Waals surface area contributed by atoms with Gasteiger partial charge >= 0.3 is 0 Å². The normalized spacial score (nSPS) is 22.0. The highest BCUT2D eigenvalue weighted by atomic mass is 32.2. The van der Waals surface area contributed by atoms with Crippen LogP contribution in [-0.2, 0) is 22.7 Å². The standard InChI is InChI=1S/C21H25NO4S/c23-18-5-7-19(8-6-18)27(25,26)20-9-11-22(15-20)12-10-21(24)13-16-3-1-2-4-17(16)14-21/h1-8,20,23-24H,9-15H2. The third-order valence-electron chi connectivity index (χ3n) is 5.88. The maximum Gasteiger partial charge on any atom is 0.182 e. The van der Waals surface area contributed by atoms with Crippen molar-refractivity contribution >= 4 is 9.84 Å². The quantitative estimate of drug-likeness (QED) is 0.822. The predicted octanol–water partition coefficient (Wildman–Crippen LogP) is 2.16. The van der Waals surface area contributed by atoms with Crippen LogP contribution in [0, 0.1) is 0 Å². The van der Waals surface area contributed by atoms with Gasteiger partial charge in [-0.05, 0) is 54.8 Å². The summed E-state index contributed by atoms with van der Waals surface area (Å²) < 4.78 is 25.6. The molecule has 1 aliphatic heterocycles. The number of aliphatic hydroxyl groups is 1. The van der Waals surface area contributed by atoms with Crippen LogP contribution < -0.4 is 0 Å². The first-order chi connectivity index (χ1) is 12.9. The predicted molar refractivity (Wildman–Crippen MR) is 104 cm³/mol. The number of hydrogen-bond donors (Lipinski definition) is 2. The minimum Gasteiger partial charge on any atom is -0.508 e. The van der Waals surface area contributed by atoms with Crippen LogP contribution in [0.25, 0.3) is 0 Å². The van der Waals surface area contributed by atoms with Gasteiger partial charge in [0.2, 0.25) is 0 Å². The van der Waals surface area contributed by atoms with Gasteiger partial charge in [0.25, 0.3) is 0 Å². The topological polar surface area (TPSA) is 77.8 Å². The summed E-state index contributed by atoms with van der Waals surface area (Å²) in [6, 6.07) is 13.9. The van der Waals surface area contributed by atoms with Crippen LogP contribution in [0.4, 0.5) is 0 Å². The minimum absolute atomic E-state index is 0.0628. The van der Waals surface area contributed by atoms with Gasteiger partial charge in [0, 0.05) is 25.9 Å². The summed E-state index contributed by atoms with van der Waals surface area (Å²) in [6.07, 6.45) is 2.59. The van der Waals surface area contributed by atoms with E-state index in [4.69, 9.17) is 0 Å². The molecule has 1 aliphatic carbocycles. The zero-order valence-electron chi connectivity index (χ0n) is 15.2. The van der Waals surface area contributed by atoms with Gasteiger partial charge in [-0.3, -0.25) is 0 Å². The molecule has 6 heteroatoms. The molecule has 0 amide bonds. The minimum atomic E-state index is -3.40. The summed E-state index contributed by atoms with van der Waals surface area (Å²) in [6.45, 7) is 1.92. The zero-order valence-corrected chi connectivity index (χ0v) is 16.0. The molecule has 144 valence electrons. The van der Waals surface area contributed by atoms with Crippen molar-refractivity contribution in [2.45, 2.75) is 41.4 Å². The fraction of sp³-hybridized carbons (Fsp3) is 0.429. The Balaban J connectivity index is 1.36. The number of likely N-dealkylation sites (tertiary alicyclic amines) is 1. The first kappa shape index (κ1) is 18.5. The third kappa shape index (κ3) is 3.74. The van der Waals surface area contributed by atoms with Gasteiger partial charge in [0.15, 0.2) is 9.84 Å². The van der Waals surface area contributed by atoms with E-state index in [9.17, 15) is 18.6 Å². The average Bonchev–Trinajstić information content (AvgIpc) is 3.24. The SMILES string of the molecule is O=S(=O)(c1ccc(O)cc1)C1CCN(CCC2(O)Cc3ccccc3C2)C1. The fourth-order valence-electron chi connectivity index (χ4n) is 4.30. The van der Waals surface area contributed by atoms with E-state index in [-0.39, 0.29) is 10.6 Å². The van der Waals surface area contributed by atoms with Gasteiger partial charge in [0.1, 0.15) is 5.75 Å². The number of sulfone groups is 1. The number of aromatic hydroxyl groups is 1. The number of rotatable bonds is 5. The Labute approximate surface area is 160 Å². The van der Waals surface area contributed by atoms with Crippen LogP contribution in [0.2, 0.25) is 0 Å². The first-order valence-electron chi connectivity index (χ1n) is 9.40. The smallest absolute Gasteiger partial charge is 0.182 e. The Morgan fingerprint density at radius 1 is 1.04 bits per heavy atom. The second-order valence-electron chi connectivity index (χ2n) is 7.85. The van der Waals surface area contributed by atoms with Crippen molar-refractivity contribution in [2.75, 3.05) is 19.6 Å². The highest BCUT2D eigenvalue weighted by Crippen LogP contribution is 2.33. The van der Waals surface area contributed by atoms with Crippen molar-refractivity contribution in [2.24, 2.45) is 0 Å². The lowest BCUT2D eigenvalue weighted by Gasteiger charge is -2.25. The third-order valence-corrected chi connectivity index (χ3v) is 8.08. The Bertz CT molecular complexity index is 898. The highest BCUT2D eigenvalue weighted by Gasteiger charge is 2.38. The molecule has 0 radical (unpaired) electrons. The van der Waals surface area contributed by atoms with Crippen LogP contribution >= 0.6 is 0 Å². The molecule has 5 nitrogen and oxygen atoms in total. The lowest BCUT2D eigenvalue weighted by atomic mass is 9.96. The van der Waals surface area contributed by atoms with E-state index >= 15 is 0 Å². The molecule has 1 heterocycles. The molecule has 2 N–H and O–H groups in total. The maximum atomic E-state index is 12.8. The monoisotopic (exact) mass is 387 g/mol. The summed E-state index contributed by atoms with van der Waals surface area (Å²) in [4.78, 5) is 2.40. The number of nitrogens with zero attached hydrogens (tertiary/aromatic N) is 1. The molecule has 1 fully saturated rings. The summed E-state index contributed by atoms with van der Waals surface area (Å²) in [5, 5.41) is 19.9. The summed E-state index contributed by atoms with van der Waals surface area (Å²) in [5.74, 6) is 0.0628. The number of phenolic OH excluding ortho intramolecular Hbond substituents is 1. The van der Waals surface area contributed by atoms with Gasteiger partial charge in [0.05, 0.1) is 15.7 Å². The lowest BCUT2D eigenvalue weighted by Crippen LogP contribution is -2.36. The van der Waals surface area contributed by atoms with E-state index in [1.165, 1.54) is 35.4 Å². The van der Waals surface area contributed by atoms with Gasteiger partial charge in [-0.15, -0.1) is 0 Å². The molecule has 0 aromatic heterocycles. The lowest BCUT2D eigenvalue weighted by molar-refractivity contribution is 0.0336. The van der Waals surface area contributed by atoms with Gasteiger partial charge in [-0.2, -0.15) is 0 Å². The molecule has 0 bridgehead atoms. The second kappa shape index (κ2) is 6.93. The Morgan fingerprint density at radius 3 is 2.30 bits per heavy atom. The molecular formula is C21H25NO4S. The van der Waals surface area contributed by atoms with E-state index in [0.717, 1.165) is 6.54 Å². The van der Waals surface area contributed by atoms with E-state index in [1.807, 2.05) is 12.1 Å². The van der Waals surface area contributed by atoms with Gasteiger partial charge < -0.3 is 15.1 Å². The van der Waals surface area contributed by atoms with E-state index in [1.54, 1.807) is 0 Å². The van der Waals surface area contributed by atoms with E-state index in [2.05, 4.69) is 17.0 Å². The van der Waals surface area contributed by atoms with E-state index in [0.29, 0.717) is 38.8 Å². The fourth-order valence-corrected chi connectivity index (χ4v) is 6.02. The van der Waals surface area contributed by atoms with Crippen LogP contribution in [0.3, 0.4) is 0 Å². The number of hydrogen-bond acceptors (Lipinski definition) is 5. The van der Waals surface area contributed by atoms with Crippen molar-refractivity contribution in [3.8, 4) is 5.75 Å². The maximum absolute atomic E-state index is 12.8. The van der Waals surface area contributed by atoms with Crippen molar-refractivity contribution in [3.05, 3.63) is 59.7 Å². The number of benzene rings is 2. The van der Waals surface area contributed by atoms with Crippen LogP contribution in [0.5, 0.6) is 5.75 Å². The average molecular weight is 388 g/mol. The molecule has 1 saturated heterocycles. The molecule has 2 aromatic carbocycles. The first-order valence-corrected chi connectivity index (χ1v) is 10.9. The van der Waals surface area contributed by atoms with Crippen LogP contribution in [0.1, 0.15) is 24.0 Å². The van der Waals surface area contributed by atoms with Gasteiger partial charge in [-0.1, -0.05) is 24.3 Å². The summed E-state index contributed by atoms with van der Waals surface area (Å²) >= 11 is 0. The van der Waals surface area contributed by atoms with Gasteiger partial charge in [-0.25, -0.2) is 8.42 Å². The summed E-state index contributed by atoms with van der Waals surface area (Å²) in [7, 11) is -3.40. The molecule has 2 aliphatic rings. The molecule has 1 atom stereocenters. The molecule has 27 heavy (non-hydrogen) atoms. The van der Waals surface area contributed by atoms with Crippen molar-refractivity contribution < 1.29 is 18.6 Å². The van der Waals surface area contributed by atoms with Crippen molar-refractivity contribution in [1.82, 2.24) is 4.90 Å². The Hall–Kier alpha value is -1.89. The van der Waals surface area contributed by atoms with Crippen molar-refractivity contribution in [1.29, 1.82) is 0 Å². The largest absolute Gasteiger partial charge is 0.508 e. The van der Waals surface area contributed by atoms with Crippen LogP contribution in [0.15, 0.2) is 53.4 Å².